The van der Waals surface area contributed by atoms with Gasteiger partial charge in [-0.3, -0.25) is 4.79 Å². The first-order chi connectivity index (χ1) is 13.0. The van der Waals surface area contributed by atoms with E-state index in [1.54, 1.807) is 0 Å². The van der Waals surface area contributed by atoms with Crippen molar-refractivity contribution in [1.29, 1.82) is 0 Å². The van der Waals surface area contributed by atoms with Crippen LogP contribution in [-0.2, 0) is 9.53 Å². The van der Waals surface area contributed by atoms with Gasteiger partial charge >= 0.3 is 12.6 Å². The van der Waals surface area contributed by atoms with Crippen LogP contribution in [0.5, 0.6) is 5.75 Å². The zero-order chi connectivity index (χ0) is 19.2. The van der Waals surface area contributed by atoms with Gasteiger partial charge in [-0.2, -0.15) is 8.78 Å². The number of esters is 1. The average Bonchev–Trinajstić information content (AvgIpc) is 3.07. The van der Waals surface area contributed by atoms with Gasteiger partial charge in [0.1, 0.15) is 10.8 Å². The molecule has 0 unspecified atom stereocenters. The number of carbonyl (C=O) groups is 2. The Morgan fingerprint density at radius 1 is 1.11 bits per heavy atom. The van der Waals surface area contributed by atoms with Crippen molar-refractivity contribution in [3.8, 4) is 5.75 Å². The lowest BCUT2D eigenvalue weighted by molar-refractivity contribution is -0.136. The minimum Gasteiger partial charge on any atom is -0.454 e. The molecule has 1 heterocycles. The molecular formula is C19H13F2NO4S. The van der Waals surface area contributed by atoms with Gasteiger partial charge in [0.2, 0.25) is 0 Å². The fraction of sp³-hybridized carbons (Fsp3) is 0.105. The van der Waals surface area contributed by atoms with Crippen molar-refractivity contribution in [2.45, 2.75) is 6.61 Å². The molecule has 0 N–H and O–H groups in total. The maximum atomic E-state index is 12.1. The Balaban J connectivity index is 1.52. The highest BCUT2D eigenvalue weighted by atomic mass is 32.1. The topological polar surface area (TPSA) is 65.5 Å². The third kappa shape index (κ3) is 5.18. The van der Waals surface area contributed by atoms with Crippen LogP contribution in [0.4, 0.5) is 8.78 Å². The van der Waals surface area contributed by atoms with Crippen LogP contribution in [0.25, 0.3) is 16.3 Å². The molecule has 27 heavy (non-hydrogen) atoms. The van der Waals surface area contributed by atoms with Gasteiger partial charge in [0.25, 0.3) is 0 Å². The van der Waals surface area contributed by atoms with Gasteiger partial charge in [-0.25, -0.2) is 9.78 Å². The largest absolute Gasteiger partial charge is 0.454 e. The molecule has 0 aliphatic carbocycles. The molecule has 0 spiro atoms. The lowest BCUT2D eigenvalue weighted by Crippen LogP contribution is -2.12. The Hall–Kier alpha value is -3.13. The first kappa shape index (κ1) is 18.7. The maximum Gasteiger partial charge on any atom is 0.387 e. The Bertz CT molecular complexity index is 950. The average molecular weight is 389 g/mol. The number of hydrogen-bond acceptors (Lipinski definition) is 6. The van der Waals surface area contributed by atoms with E-state index in [2.05, 4.69) is 9.72 Å². The monoisotopic (exact) mass is 389 g/mol. The number of thiazole rings is 1. The van der Waals surface area contributed by atoms with Crippen molar-refractivity contribution in [3.63, 3.8) is 0 Å². The molecule has 3 aromatic rings. The Morgan fingerprint density at radius 3 is 2.56 bits per heavy atom. The second-order valence-corrected chi connectivity index (χ2v) is 6.35. The quantitative estimate of drug-likeness (QED) is 0.342. The van der Waals surface area contributed by atoms with E-state index in [4.69, 9.17) is 4.74 Å². The van der Waals surface area contributed by atoms with E-state index in [1.165, 1.54) is 47.8 Å². The van der Waals surface area contributed by atoms with Crippen LogP contribution < -0.4 is 4.74 Å². The summed E-state index contributed by atoms with van der Waals surface area (Å²) >= 11 is 1.43. The van der Waals surface area contributed by atoms with E-state index in [-0.39, 0.29) is 11.3 Å². The Kier molecular flexibility index (Phi) is 5.87. The first-order valence-corrected chi connectivity index (χ1v) is 8.61. The normalized spacial score (nSPS) is 11.2. The number of nitrogens with zero attached hydrogens (tertiary/aromatic N) is 1. The van der Waals surface area contributed by atoms with Crippen molar-refractivity contribution in [2.75, 3.05) is 6.61 Å². The van der Waals surface area contributed by atoms with E-state index < -0.39 is 25.0 Å². The molecule has 0 aliphatic rings. The molecule has 3 rings (SSSR count). The van der Waals surface area contributed by atoms with Crippen LogP contribution in [-0.4, -0.2) is 30.0 Å². The summed E-state index contributed by atoms with van der Waals surface area (Å²) in [6, 6.07) is 12.7. The maximum absolute atomic E-state index is 12.1. The second kappa shape index (κ2) is 8.50. The van der Waals surface area contributed by atoms with Crippen LogP contribution in [0.2, 0.25) is 0 Å². The summed E-state index contributed by atoms with van der Waals surface area (Å²) < 4.78 is 34.3. The van der Waals surface area contributed by atoms with Crippen LogP contribution in [0.3, 0.4) is 0 Å². The summed E-state index contributed by atoms with van der Waals surface area (Å²) in [6.07, 6.45) is 2.72. The lowest BCUT2D eigenvalue weighted by atomic mass is 10.1. The molecule has 0 radical (unpaired) electrons. The number of aromatic nitrogens is 1. The van der Waals surface area contributed by atoms with E-state index >= 15 is 0 Å². The van der Waals surface area contributed by atoms with Gasteiger partial charge in [-0.05, 0) is 42.5 Å². The third-order valence-electron chi connectivity index (χ3n) is 3.42. The third-order valence-corrected chi connectivity index (χ3v) is 4.42. The van der Waals surface area contributed by atoms with E-state index in [9.17, 15) is 18.4 Å². The molecule has 0 fully saturated rings. The molecule has 138 valence electrons. The lowest BCUT2D eigenvalue weighted by Gasteiger charge is -2.05. The second-order valence-electron chi connectivity index (χ2n) is 5.29. The van der Waals surface area contributed by atoms with Gasteiger partial charge in [-0.1, -0.05) is 12.1 Å². The fourth-order valence-electron chi connectivity index (χ4n) is 2.19. The van der Waals surface area contributed by atoms with Crippen molar-refractivity contribution in [3.05, 3.63) is 65.2 Å². The minimum absolute atomic E-state index is 0.0580. The van der Waals surface area contributed by atoms with Gasteiger partial charge in [0.15, 0.2) is 12.4 Å². The Morgan fingerprint density at radius 2 is 1.85 bits per heavy atom. The number of ketones is 1. The molecule has 0 atom stereocenters. The highest BCUT2D eigenvalue weighted by Gasteiger charge is 2.10. The zero-order valence-electron chi connectivity index (χ0n) is 13.8. The fourth-order valence-corrected chi connectivity index (χ4v) is 3.06. The van der Waals surface area contributed by atoms with Gasteiger partial charge in [0.05, 0.1) is 10.2 Å². The molecular weight excluding hydrogens is 376 g/mol. The molecule has 0 bridgehead atoms. The predicted octanol–water partition coefficient (Wildman–Crippen LogP) is 4.34. The van der Waals surface area contributed by atoms with E-state index in [1.807, 2.05) is 24.3 Å². The molecule has 8 heteroatoms. The number of Topliss-reactive ketones (excluding diaryl/α,β-unsaturated/α-hetero) is 1. The molecule has 2 aromatic carbocycles. The standard InChI is InChI=1S/C19H13F2NO4S/c20-19(21)26-13-7-5-12(6-8-13)15(23)11-25-18(24)10-9-17-22-14-3-1-2-4-16(14)27-17/h1-10,19H,11H2/b10-9+. The van der Waals surface area contributed by atoms with E-state index in [0.717, 1.165) is 10.2 Å². The van der Waals surface area contributed by atoms with Gasteiger partial charge in [-0.15, -0.1) is 11.3 Å². The number of ether oxygens (including phenoxy) is 2. The summed E-state index contributed by atoms with van der Waals surface area (Å²) in [5.41, 5.74) is 1.06. The molecule has 5 nitrogen and oxygen atoms in total. The number of carbonyl (C=O) groups excluding carboxylic acids is 2. The highest BCUT2D eigenvalue weighted by Crippen LogP contribution is 2.22. The molecule has 0 aliphatic heterocycles. The van der Waals surface area contributed by atoms with Gasteiger partial charge < -0.3 is 9.47 Å². The summed E-state index contributed by atoms with van der Waals surface area (Å²) in [5.74, 6) is -1.20. The van der Waals surface area contributed by atoms with Crippen LogP contribution >= 0.6 is 11.3 Å². The summed E-state index contributed by atoms with van der Waals surface area (Å²) in [4.78, 5) is 28.1. The van der Waals surface area contributed by atoms with E-state index in [0.29, 0.717) is 5.01 Å². The SMILES string of the molecule is O=C(/C=C/c1nc2ccccc2s1)OCC(=O)c1ccc(OC(F)F)cc1. The number of para-hydroxylation sites is 1. The minimum atomic E-state index is -2.94. The summed E-state index contributed by atoms with van der Waals surface area (Å²) in [6.45, 7) is -3.40. The van der Waals surface area contributed by atoms with Crippen LogP contribution in [0, 0.1) is 0 Å². The first-order valence-electron chi connectivity index (χ1n) is 7.80. The van der Waals surface area contributed by atoms with Crippen molar-refractivity contribution >= 4 is 39.4 Å². The predicted molar refractivity (Wildman–Crippen MR) is 97.0 cm³/mol. The van der Waals surface area contributed by atoms with Crippen molar-refractivity contribution < 1.29 is 27.8 Å². The summed E-state index contributed by atoms with van der Waals surface area (Å²) in [5, 5.41) is 0.647. The molecule has 0 amide bonds. The Labute approximate surface area is 156 Å². The number of fused-ring (bicyclic) bond motifs is 1. The van der Waals surface area contributed by atoms with Crippen LogP contribution in [0.1, 0.15) is 15.4 Å². The number of hydrogen-bond donors (Lipinski definition) is 0. The van der Waals surface area contributed by atoms with Gasteiger partial charge in [0, 0.05) is 11.6 Å². The number of benzene rings is 2. The number of rotatable bonds is 7. The molecule has 1 aromatic heterocycles. The number of halogens is 2. The smallest absolute Gasteiger partial charge is 0.387 e. The zero-order valence-corrected chi connectivity index (χ0v) is 14.6. The number of alkyl halides is 2. The van der Waals surface area contributed by atoms with Crippen molar-refractivity contribution in [2.24, 2.45) is 0 Å². The van der Waals surface area contributed by atoms with Crippen LogP contribution in [0.15, 0.2) is 54.6 Å². The van der Waals surface area contributed by atoms with Crippen molar-refractivity contribution in [1.82, 2.24) is 4.98 Å². The molecule has 0 saturated carbocycles. The highest BCUT2D eigenvalue weighted by molar-refractivity contribution is 7.19. The summed E-state index contributed by atoms with van der Waals surface area (Å²) in [7, 11) is 0. The molecule has 0 saturated heterocycles.